The van der Waals surface area contributed by atoms with Crippen LogP contribution in [0.1, 0.15) is 43.5 Å². The minimum absolute atomic E-state index is 0.0104. The number of nitrogens with zero attached hydrogens (tertiary/aromatic N) is 4. The van der Waals surface area contributed by atoms with Crippen molar-refractivity contribution in [2.75, 3.05) is 5.73 Å². The minimum atomic E-state index is -5.10. The number of esters is 1. The van der Waals surface area contributed by atoms with Gasteiger partial charge in [-0.25, -0.2) is 22.9 Å². The molecule has 2 aliphatic carbocycles. The van der Waals surface area contributed by atoms with E-state index in [0.717, 1.165) is 5.56 Å². The highest BCUT2D eigenvalue weighted by molar-refractivity contribution is 7.89. The number of hydrogen-bond donors (Lipinski definition) is 2. The standard InChI is InChI=1S/C22H23F3N6O4S/c1-12-3-4-14(9-15(12)16-10-31-18(26)27-13(2)28-19(31)29-16)36(33,34)30-20-5-7-21(11-20,8-6-20)35-17(32)22(23,24)25/h3-4,9-10,30H,5-8,11H2,1-2H3,(H2,26,27,28,29). The fraction of sp³-hybridized carbons (Fsp3) is 0.455. The monoisotopic (exact) mass is 524 g/mol. The zero-order valence-electron chi connectivity index (χ0n) is 19.4. The van der Waals surface area contributed by atoms with Crippen molar-refractivity contribution in [3.05, 3.63) is 35.8 Å². The molecule has 192 valence electrons. The largest absolute Gasteiger partial charge is 0.490 e. The molecule has 2 bridgehead atoms. The summed E-state index contributed by atoms with van der Waals surface area (Å²) in [6, 6.07) is 4.57. The van der Waals surface area contributed by atoms with Gasteiger partial charge >= 0.3 is 12.1 Å². The zero-order valence-corrected chi connectivity index (χ0v) is 20.2. The van der Waals surface area contributed by atoms with Crippen LogP contribution in [0.4, 0.5) is 19.1 Å². The molecule has 0 spiro atoms. The summed E-state index contributed by atoms with van der Waals surface area (Å²) in [4.78, 5) is 24.2. The molecule has 0 amide bonds. The predicted molar refractivity (Wildman–Crippen MR) is 121 cm³/mol. The van der Waals surface area contributed by atoms with Crippen LogP contribution >= 0.6 is 0 Å². The van der Waals surface area contributed by atoms with E-state index in [0.29, 0.717) is 22.9 Å². The third-order valence-corrected chi connectivity index (χ3v) is 8.51. The summed E-state index contributed by atoms with van der Waals surface area (Å²) < 4.78 is 73.9. The number of nitrogens with one attached hydrogen (secondary N) is 1. The van der Waals surface area contributed by atoms with Crippen LogP contribution in [0, 0.1) is 13.8 Å². The van der Waals surface area contributed by atoms with Crippen molar-refractivity contribution in [3.8, 4) is 11.3 Å². The molecule has 3 N–H and O–H groups in total. The van der Waals surface area contributed by atoms with Crippen LogP contribution in [0.25, 0.3) is 17.0 Å². The number of sulfonamides is 1. The number of carbonyl (C=O) groups is 1. The van der Waals surface area contributed by atoms with E-state index < -0.39 is 33.3 Å². The Hall–Kier alpha value is -3.26. The van der Waals surface area contributed by atoms with Crippen molar-refractivity contribution < 1.29 is 31.1 Å². The number of rotatable bonds is 5. The summed E-state index contributed by atoms with van der Waals surface area (Å²) in [6.07, 6.45) is -2.66. The van der Waals surface area contributed by atoms with Gasteiger partial charge < -0.3 is 10.5 Å². The third-order valence-electron chi connectivity index (χ3n) is 6.94. The number of benzene rings is 1. The van der Waals surface area contributed by atoms with Crippen LogP contribution in [-0.2, 0) is 19.6 Å². The van der Waals surface area contributed by atoms with Gasteiger partial charge in [-0.2, -0.15) is 23.1 Å². The smallest absolute Gasteiger partial charge is 0.452 e. The number of fused-ring (bicyclic) bond motifs is 3. The number of nitrogen functional groups attached to an aromatic ring is 1. The molecule has 0 unspecified atom stereocenters. The first-order valence-electron chi connectivity index (χ1n) is 11.2. The van der Waals surface area contributed by atoms with E-state index in [4.69, 9.17) is 10.5 Å². The maximum Gasteiger partial charge on any atom is 0.490 e. The van der Waals surface area contributed by atoms with Gasteiger partial charge in [0, 0.05) is 23.7 Å². The molecule has 0 aliphatic heterocycles. The Morgan fingerprint density at radius 1 is 1.14 bits per heavy atom. The molecule has 2 aromatic heterocycles. The topological polar surface area (TPSA) is 142 Å². The fourth-order valence-corrected chi connectivity index (χ4v) is 6.69. The summed E-state index contributed by atoms with van der Waals surface area (Å²) >= 11 is 0. The average Bonchev–Trinajstić information content (AvgIpc) is 3.44. The Balaban J connectivity index is 1.42. The van der Waals surface area contributed by atoms with Crippen LogP contribution in [0.2, 0.25) is 0 Å². The molecule has 10 nitrogen and oxygen atoms in total. The number of aromatic nitrogens is 4. The Labute approximate surface area is 204 Å². The highest BCUT2D eigenvalue weighted by Crippen LogP contribution is 2.53. The molecule has 14 heteroatoms. The van der Waals surface area contributed by atoms with E-state index >= 15 is 0 Å². The van der Waals surface area contributed by atoms with Gasteiger partial charge in [0.15, 0.2) is 0 Å². The predicted octanol–water partition coefficient (Wildman–Crippen LogP) is 2.83. The number of carbonyl (C=O) groups excluding carboxylic acids is 1. The summed E-state index contributed by atoms with van der Waals surface area (Å²) in [6.45, 7) is 3.48. The fourth-order valence-electron chi connectivity index (χ4n) is 5.21. The van der Waals surface area contributed by atoms with E-state index in [9.17, 15) is 26.4 Å². The summed E-state index contributed by atoms with van der Waals surface area (Å²) in [5.41, 5.74) is 5.41. The van der Waals surface area contributed by atoms with Gasteiger partial charge in [-0.05, 0) is 57.2 Å². The van der Waals surface area contributed by atoms with Crippen molar-refractivity contribution in [2.24, 2.45) is 0 Å². The van der Waals surface area contributed by atoms with E-state index in [-0.39, 0.29) is 42.9 Å². The second-order valence-corrected chi connectivity index (χ2v) is 11.2. The number of alkyl halides is 3. The highest BCUT2D eigenvalue weighted by atomic mass is 32.2. The minimum Gasteiger partial charge on any atom is -0.452 e. The summed E-state index contributed by atoms with van der Waals surface area (Å²) in [5, 5.41) is 0. The molecule has 2 saturated carbocycles. The molecular formula is C22H23F3N6O4S. The lowest BCUT2D eigenvalue weighted by Gasteiger charge is -2.28. The van der Waals surface area contributed by atoms with Crippen molar-refractivity contribution in [1.29, 1.82) is 0 Å². The first-order chi connectivity index (χ1) is 16.7. The molecule has 0 saturated heterocycles. The van der Waals surface area contributed by atoms with E-state index in [1.54, 1.807) is 26.1 Å². The number of aryl methyl sites for hydroxylation is 2. The number of ether oxygens (including phenoxy) is 1. The van der Waals surface area contributed by atoms with Gasteiger partial charge in [-0.3, -0.25) is 4.40 Å². The normalized spacial score (nSPS) is 23.9. The Kier molecular flexibility index (Phi) is 5.34. The highest BCUT2D eigenvalue weighted by Gasteiger charge is 2.60. The molecule has 2 aliphatic rings. The quantitative estimate of drug-likeness (QED) is 0.486. The van der Waals surface area contributed by atoms with Gasteiger partial charge in [-0.1, -0.05) is 6.07 Å². The van der Waals surface area contributed by atoms with Gasteiger partial charge in [0.05, 0.1) is 10.6 Å². The number of anilines is 1. The Morgan fingerprint density at radius 3 is 2.50 bits per heavy atom. The lowest BCUT2D eigenvalue weighted by atomic mass is 9.93. The number of hydrogen-bond acceptors (Lipinski definition) is 8. The molecule has 5 rings (SSSR count). The average molecular weight is 525 g/mol. The SMILES string of the molecule is Cc1nc(N)n2cc(-c3cc(S(=O)(=O)NC45CCC(OC(=O)C(F)(F)F)(CC4)C5)ccc3C)nc2n1. The van der Waals surface area contributed by atoms with Crippen LogP contribution in [-0.4, -0.2) is 51.1 Å². The molecule has 1 aromatic carbocycles. The molecule has 36 heavy (non-hydrogen) atoms. The van der Waals surface area contributed by atoms with Crippen molar-refractivity contribution >= 4 is 27.7 Å². The molecule has 2 heterocycles. The summed E-state index contributed by atoms with van der Waals surface area (Å²) in [5.74, 6) is -1.30. The Bertz CT molecular complexity index is 1490. The Morgan fingerprint density at radius 2 is 1.83 bits per heavy atom. The lowest BCUT2D eigenvalue weighted by Crippen LogP contribution is -2.44. The number of halogens is 3. The third kappa shape index (κ3) is 4.17. The van der Waals surface area contributed by atoms with E-state index in [2.05, 4.69) is 19.7 Å². The zero-order chi connectivity index (χ0) is 26.1. The maximum absolute atomic E-state index is 13.4. The lowest BCUT2D eigenvalue weighted by molar-refractivity contribution is -0.213. The molecule has 0 radical (unpaired) electrons. The van der Waals surface area contributed by atoms with Crippen LogP contribution in [0.15, 0.2) is 29.3 Å². The molecule has 0 atom stereocenters. The van der Waals surface area contributed by atoms with Gasteiger partial charge in [0.1, 0.15) is 11.4 Å². The van der Waals surface area contributed by atoms with E-state index in [1.807, 2.05) is 0 Å². The van der Waals surface area contributed by atoms with E-state index in [1.165, 1.54) is 16.5 Å². The van der Waals surface area contributed by atoms with Crippen LogP contribution in [0.3, 0.4) is 0 Å². The molecular weight excluding hydrogens is 501 g/mol. The van der Waals surface area contributed by atoms with Gasteiger partial charge in [0.25, 0.3) is 0 Å². The number of imidazole rings is 1. The van der Waals surface area contributed by atoms with Crippen molar-refractivity contribution in [2.45, 2.75) is 68.2 Å². The first-order valence-corrected chi connectivity index (χ1v) is 12.6. The second kappa shape index (κ2) is 7.87. The van der Waals surface area contributed by atoms with Crippen molar-refractivity contribution in [3.63, 3.8) is 0 Å². The van der Waals surface area contributed by atoms with Crippen LogP contribution in [0.5, 0.6) is 0 Å². The van der Waals surface area contributed by atoms with Crippen LogP contribution < -0.4 is 10.5 Å². The summed E-state index contributed by atoms with van der Waals surface area (Å²) in [7, 11) is -4.06. The molecule has 3 aromatic rings. The number of nitrogens with two attached hydrogens (primary N) is 1. The van der Waals surface area contributed by atoms with Gasteiger partial charge in [0.2, 0.25) is 21.7 Å². The molecule has 2 fully saturated rings. The second-order valence-electron chi connectivity index (χ2n) is 9.53. The van der Waals surface area contributed by atoms with Gasteiger partial charge in [-0.15, -0.1) is 0 Å². The maximum atomic E-state index is 13.4. The van der Waals surface area contributed by atoms with Crippen molar-refractivity contribution in [1.82, 2.24) is 24.1 Å². The first kappa shape index (κ1) is 24.4.